The van der Waals surface area contributed by atoms with Gasteiger partial charge in [-0.05, 0) is 42.9 Å². The van der Waals surface area contributed by atoms with E-state index < -0.39 is 4.92 Å². The van der Waals surface area contributed by atoms with Crippen molar-refractivity contribution < 1.29 is 14.4 Å². The van der Waals surface area contributed by atoms with Crippen molar-refractivity contribution in [3.05, 3.63) is 76.4 Å². The number of hydrogen-bond donors (Lipinski definition) is 2. The number of nitrogens with zero attached hydrogens (tertiary/aromatic N) is 2. The van der Waals surface area contributed by atoms with Gasteiger partial charge in [-0.1, -0.05) is 18.2 Å². The van der Waals surface area contributed by atoms with Crippen molar-refractivity contribution in [3.63, 3.8) is 0 Å². The highest BCUT2D eigenvalue weighted by Crippen LogP contribution is 2.23. The molecule has 9 heteroatoms. The van der Waals surface area contributed by atoms with Gasteiger partial charge in [-0.2, -0.15) is 5.10 Å². The lowest BCUT2D eigenvalue weighted by Gasteiger charge is -2.11. The molecule has 0 fully saturated rings. The van der Waals surface area contributed by atoms with Crippen molar-refractivity contribution in [1.29, 1.82) is 0 Å². The summed E-state index contributed by atoms with van der Waals surface area (Å²) in [6.45, 7) is 6.64. The Morgan fingerprint density at radius 1 is 1.28 bits per heavy atom. The molecule has 0 aliphatic carbocycles. The molecule has 2 aromatic rings. The van der Waals surface area contributed by atoms with Gasteiger partial charge in [-0.15, -0.1) is 6.58 Å². The first kappa shape index (κ1) is 21.8. The van der Waals surface area contributed by atoms with Crippen LogP contribution in [0, 0.1) is 17.0 Å². The predicted octanol–water partition coefficient (Wildman–Crippen LogP) is 3.35. The van der Waals surface area contributed by atoms with Crippen molar-refractivity contribution in [2.75, 3.05) is 19.8 Å². The molecule has 0 heterocycles. The van der Waals surface area contributed by atoms with Gasteiger partial charge in [0.15, 0.2) is 5.11 Å². The SMILES string of the molecule is C=CCNC(=S)NN=Cc1cc([N+](=O)[O-])ccc1OCCOc1cccc(C)c1. The largest absolute Gasteiger partial charge is 0.490 e. The Kier molecular flexibility index (Phi) is 8.58. The average molecular weight is 414 g/mol. The fraction of sp³-hybridized carbons (Fsp3) is 0.200. The van der Waals surface area contributed by atoms with Crippen molar-refractivity contribution in [1.82, 2.24) is 10.7 Å². The minimum atomic E-state index is -0.480. The summed E-state index contributed by atoms with van der Waals surface area (Å²) in [4.78, 5) is 10.6. The van der Waals surface area contributed by atoms with E-state index in [4.69, 9.17) is 21.7 Å². The summed E-state index contributed by atoms with van der Waals surface area (Å²) in [5.74, 6) is 1.20. The lowest BCUT2D eigenvalue weighted by atomic mass is 10.2. The van der Waals surface area contributed by atoms with Gasteiger partial charge < -0.3 is 14.8 Å². The molecule has 8 nitrogen and oxygen atoms in total. The number of hydrazone groups is 1. The lowest BCUT2D eigenvalue weighted by molar-refractivity contribution is -0.384. The first-order valence-electron chi connectivity index (χ1n) is 8.78. The lowest BCUT2D eigenvalue weighted by Crippen LogP contribution is -2.31. The van der Waals surface area contributed by atoms with E-state index in [9.17, 15) is 10.1 Å². The molecule has 0 radical (unpaired) electrons. The summed E-state index contributed by atoms with van der Waals surface area (Å²) in [6.07, 6.45) is 3.06. The third-order valence-corrected chi connectivity index (χ3v) is 3.82. The van der Waals surface area contributed by atoms with Crippen LogP contribution in [0.1, 0.15) is 11.1 Å². The number of benzene rings is 2. The van der Waals surface area contributed by atoms with Crippen LogP contribution in [0.15, 0.2) is 60.2 Å². The quantitative estimate of drug-likeness (QED) is 0.154. The van der Waals surface area contributed by atoms with Gasteiger partial charge in [0.1, 0.15) is 24.7 Å². The minimum absolute atomic E-state index is 0.0674. The Hall–Kier alpha value is -3.46. The molecule has 0 aliphatic rings. The molecule has 0 saturated carbocycles. The highest BCUT2D eigenvalue weighted by atomic mass is 32.1. The van der Waals surface area contributed by atoms with Crippen LogP contribution in [0.3, 0.4) is 0 Å². The molecule has 2 rings (SSSR count). The second-order valence-electron chi connectivity index (χ2n) is 5.86. The zero-order valence-electron chi connectivity index (χ0n) is 16.0. The van der Waals surface area contributed by atoms with Crippen LogP contribution in [0.25, 0.3) is 0 Å². The summed E-state index contributed by atoms with van der Waals surface area (Å²) in [7, 11) is 0. The number of aryl methyl sites for hydroxylation is 1. The zero-order chi connectivity index (χ0) is 21.1. The topological polar surface area (TPSA) is 98.0 Å². The van der Waals surface area contributed by atoms with Crippen LogP contribution in [0.2, 0.25) is 0 Å². The number of ether oxygens (including phenoxy) is 2. The van der Waals surface area contributed by atoms with Crippen LogP contribution in [0.5, 0.6) is 11.5 Å². The van der Waals surface area contributed by atoms with E-state index in [1.807, 2.05) is 31.2 Å². The number of thiocarbonyl (C=S) groups is 1. The molecular weight excluding hydrogens is 392 g/mol. The van der Waals surface area contributed by atoms with Crippen molar-refractivity contribution >= 4 is 29.2 Å². The number of non-ortho nitro benzene ring substituents is 1. The smallest absolute Gasteiger partial charge is 0.270 e. The molecule has 29 heavy (non-hydrogen) atoms. The standard InChI is InChI=1S/C20H22N4O4S/c1-3-9-21-20(29)23-22-14-16-13-17(24(25)26)7-8-19(16)28-11-10-27-18-6-4-5-15(2)12-18/h3-8,12-14H,1,9-11H2,2H3,(H2,21,23,29). The Balaban J connectivity index is 1.99. The van der Waals surface area contributed by atoms with Gasteiger partial charge in [-0.3, -0.25) is 15.5 Å². The summed E-state index contributed by atoms with van der Waals surface area (Å²) in [6, 6.07) is 12.0. The molecule has 0 unspecified atom stereocenters. The van der Waals surface area contributed by atoms with Crippen molar-refractivity contribution in [2.45, 2.75) is 6.92 Å². The summed E-state index contributed by atoms with van der Waals surface area (Å²) in [5.41, 5.74) is 4.10. The molecule has 0 saturated heterocycles. The van der Waals surface area contributed by atoms with Crippen LogP contribution < -0.4 is 20.2 Å². The van der Waals surface area contributed by atoms with E-state index in [-0.39, 0.29) is 12.3 Å². The fourth-order valence-electron chi connectivity index (χ4n) is 2.26. The van der Waals surface area contributed by atoms with Gasteiger partial charge in [0, 0.05) is 24.2 Å². The number of hydrogen-bond acceptors (Lipinski definition) is 6. The molecule has 0 aliphatic heterocycles. The van der Waals surface area contributed by atoms with Gasteiger partial charge in [-0.25, -0.2) is 0 Å². The van der Waals surface area contributed by atoms with Gasteiger partial charge in [0.05, 0.1) is 11.1 Å². The van der Waals surface area contributed by atoms with Crippen LogP contribution in [-0.4, -0.2) is 36.0 Å². The van der Waals surface area contributed by atoms with Gasteiger partial charge in [0.25, 0.3) is 5.69 Å². The Morgan fingerprint density at radius 2 is 2.07 bits per heavy atom. The van der Waals surface area contributed by atoms with E-state index in [2.05, 4.69) is 22.4 Å². The summed E-state index contributed by atoms with van der Waals surface area (Å²) < 4.78 is 11.4. The molecule has 152 valence electrons. The average Bonchev–Trinajstić information content (AvgIpc) is 2.70. The number of nitrogens with one attached hydrogen (secondary N) is 2. The number of nitro benzene ring substituents is 1. The normalized spacial score (nSPS) is 10.4. The fourth-order valence-corrected chi connectivity index (χ4v) is 2.40. The second-order valence-corrected chi connectivity index (χ2v) is 6.27. The molecule has 0 atom stereocenters. The van der Waals surface area contributed by atoms with Crippen molar-refractivity contribution in [2.24, 2.45) is 5.10 Å². The zero-order valence-corrected chi connectivity index (χ0v) is 16.8. The van der Waals surface area contributed by atoms with Crippen LogP contribution in [-0.2, 0) is 0 Å². The van der Waals surface area contributed by atoms with Crippen molar-refractivity contribution in [3.8, 4) is 11.5 Å². The summed E-state index contributed by atoms with van der Waals surface area (Å²) in [5, 5.41) is 18.2. The Labute approximate surface area is 174 Å². The highest BCUT2D eigenvalue weighted by Gasteiger charge is 2.11. The molecule has 0 amide bonds. The van der Waals surface area contributed by atoms with E-state index >= 15 is 0 Å². The van der Waals surface area contributed by atoms with Gasteiger partial charge >= 0.3 is 0 Å². The number of rotatable bonds is 10. The van der Waals surface area contributed by atoms with Gasteiger partial charge in [0.2, 0.25) is 0 Å². The van der Waals surface area contributed by atoms with E-state index in [0.29, 0.717) is 29.6 Å². The molecule has 2 aromatic carbocycles. The Morgan fingerprint density at radius 3 is 2.79 bits per heavy atom. The second kappa shape index (κ2) is 11.4. The first-order chi connectivity index (χ1) is 14.0. The third-order valence-electron chi connectivity index (χ3n) is 3.58. The third kappa shape index (κ3) is 7.59. The van der Waals surface area contributed by atoms with Crippen LogP contribution >= 0.6 is 12.2 Å². The van der Waals surface area contributed by atoms with E-state index in [1.165, 1.54) is 24.4 Å². The Bertz CT molecular complexity index is 902. The predicted molar refractivity (Wildman–Crippen MR) is 117 cm³/mol. The maximum atomic E-state index is 11.1. The summed E-state index contributed by atoms with van der Waals surface area (Å²) >= 11 is 5.04. The monoisotopic (exact) mass is 414 g/mol. The molecule has 0 aromatic heterocycles. The minimum Gasteiger partial charge on any atom is -0.490 e. The van der Waals surface area contributed by atoms with Crippen LogP contribution in [0.4, 0.5) is 5.69 Å². The molecule has 2 N–H and O–H groups in total. The number of nitro groups is 1. The molecule has 0 bridgehead atoms. The molecular formula is C20H22N4O4S. The first-order valence-corrected chi connectivity index (χ1v) is 9.19. The van der Waals surface area contributed by atoms with E-state index in [1.54, 1.807) is 6.08 Å². The maximum Gasteiger partial charge on any atom is 0.270 e. The van der Waals surface area contributed by atoms with E-state index in [0.717, 1.165) is 11.3 Å². The molecule has 0 spiro atoms. The maximum absolute atomic E-state index is 11.1. The highest BCUT2D eigenvalue weighted by molar-refractivity contribution is 7.80.